The molecule has 1 heterocycles. The van der Waals surface area contributed by atoms with Crippen LogP contribution in [0.3, 0.4) is 0 Å². The second-order valence-corrected chi connectivity index (χ2v) is 5.30. The molecule has 3 aromatic rings. The Bertz CT molecular complexity index is 783. The van der Waals surface area contributed by atoms with Crippen LogP contribution in [0.4, 0.5) is 0 Å². The van der Waals surface area contributed by atoms with Crippen molar-refractivity contribution >= 4 is 12.0 Å². The van der Waals surface area contributed by atoms with Crippen LogP contribution < -0.4 is 5.32 Å². The van der Waals surface area contributed by atoms with Gasteiger partial charge in [0.25, 0.3) is 0 Å². The molecular formula is C19H18N4O. The van der Waals surface area contributed by atoms with Gasteiger partial charge in [-0.1, -0.05) is 60.7 Å². The van der Waals surface area contributed by atoms with Crippen LogP contribution in [-0.2, 0) is 11.3 Å². The van der Waals surface area contributed by atoms with Crippen LogP contribution in [0.5, 0.6) is 0 Å². The standard InChI is InChI=1S/C19H18N4O/c24-19(12-11-16-7-3-1-4-8-16)22-18(15-23-20-13-14-21-23)17-9-5-2-6-10-17/h1-14,18H,15H2,(H,22,24)/b12-11+. The highest BCUT2D eigenvalue weighted by atomic mass is 16.1. The Hall–Kier alpha value is -3.21. The average Bonchev–Trinajstić information content (AvgIpc) is 3.14. The van der Waals surface area contributed by atoms with Gasteiger partial charge in [-0.15, -0.1) is 0 Å². The molecule has 0 saturated heterocycles. The molecule has 1 aromatic heterocycles. The number of nitrogens with one attached hydrogen (secondary N) is 1. The highest BCUT2D eigenvalue weighted by molar-refractivity contribution is 5.91. The van der Waals surface area contributed by atoms with Crippen molar-refractivity contribution in [1.82, 2.24) is 20.3 Å². The number of carbonyl (C=O) groups excluding carboxylic acids is 1. The van der Waals surface area contributed by atoms with Gasteiger partial charge in [0.1, 0.15) is 0 Å². The lowest BCUT2D eigenvalue weighted by molar-refractivity contribution is -0.117. The lowest BCUT2D eigenvalue weighted by Gasteiger charge is -2.17. The summed E-state index contributed by atoms with van der Waals surface area (Å²) < 4.78 is 0. The molecule has 0 saturated carbocycles. The number of rotatable bonds is 6. The lowest BCUT2D eigenvalue weighted by atomic mass is 10.1. The maximum absolute atomic E-state index is 12.3. The largest absolute Gasteiger partial charge is 0.344 e. The molecule has 0 aliphatic rings. The minimum Gasteiger partial charge on any atom is -0.344 e. The van der Waals surface area contributed by atoms with Crippen LogP contribution in [0.2, 0.25) is 0 Å². The maximum Gasteiger partial charge on any atom is 0.244 e. The Labute approximate surface area is 140 Å². The first-order chi connectivity index (χ1) is 11.8. The number of aromatic nitrogens is 3. The Kier molecular flexibility index (Phi) is 5.14. The highest BCUT2D eigenvalue weighted by Gasteiger charge is 2.14. The van der Waals surface area contributed by atoms with Crippen molar-refractivity contribution in [3.63, 3.8) is 0 Å². The van der Waals surface area contributed by atoms with Gasteiger partial charge in [0.15, 0.2) is 0 Å². The molecule has 0 aliphatic carbocycles. The summed E-state index contributed by atoms with van der Waals surface area (Å²) in [6.07, 6.45) is 6.59. The molecule has 0 fully saturated rings. The van der Waals surface area contributed by atoms with Crippen LogP contribution in [0.25, 0.3) is 6.08 Å². The van der Waals surface area contributed by atoms with Crippen molar-refractivity contribution in [2.45, 2.75) is 12.6 Å². The molecule has 0 aliphatic heterocycles. The van der Waals surface area contributed by atoms with Crippen LogP contribution in [0, 0.1) is 0 Å². The molecule has 0 bridgehead atoms. The monoisotopic (exact) mass is 318 g/mol. The normalized spacial score (nSPS) is 12.2. The number of hydrogen-bond donors (Lipinski definition) is 1. The maximum atomic E-state index is 12.3. The Morgan fingerprint density at radius 3 is 2.29 bits per heavy atom. The van der Waals surface area contributed by atoms with E-state index in [9.17, 15) is 4.79 Å². The zero-order valence-electron chi connectivity index (χ0n) is 13.1. The van der Waals surface area contributed by atoms with E-state index < -0.39 is 0 Å². The average molecular weight is 318 g/mol. The van der Waals surface area contributed by atoms with Crippen LogP contribution in [0.15, 0.2) is 79.1 Å². The molecule has 1 amide bonds. The molecule has 0 spiro atoms. The molecule has 24 heavy (non-hydrogen) atoms. The van der Waals surface area contributed by atoms with E-state index in [0.717, 1.165) is 11.1 Å². The number of nitrogens with zero attached hydrogens (tertiary/aromatic N) is 3. The first-order valence-electron chi connectivity index (χ1n) is 7.74. The number of carbonyl (C=O) groups is 1. The number of benzene rings is 2. The summed E-state index contributed by atoms with van der Waals surface area (Å²) in [5.74, 6) is -0.153. The van der Waals surface area contributed by atoms with E-state index in [2.05, 4.69) is 15.5 Å². The van der Waals surface area contributed by atoms with Gasteiger partial charge in [0, 0.05) is 6.08 Å². The minimum atomic E-state index is -0.202. The molecular weight excluding hydrogens is 300 g/mol. The third-order valence-corrected chi connectivity index (χ3v) is 3.56. The van der Waals surface area contributed by atoms with Gasteiger partial charge in [0.2, 0.25) is 5.91 Å². The van der Waals surface area contributed by atoms with E-state index >= 15 is 0 Å². The molecule has 120 valence electrons. The van der Waals surface area contributed by atoms with Crippen molar-refractivity contribution in [2.24, 2.45) is 0 Å². The second-order valence-electron chi connectivity index (χ2n) is 5.30. The molecule has 1 unspecified atom stereocenters. The van der Waals surface area contributed by atoms with Crippen molar-refractivity contribution < 1.29 is 4.79 Å². The van der Waals surface area contributed by atoms with Crippen molar-refractivity contribution in [1.29, 1.82) is 0 Å². The Balaban J connectivity index is 1.71. The Morgan fingerprint density at radius 1 is 1.00 bits per heavy atom. The van der Waals surface area contributed by atoms with Crippen molar-refractivity contribution in [3.05, 3.63) is 90.3 Å². The second kappa shape index (κ2) is 7.87. The third kappa shape index (κ3) is 4.39. The summed E-state index contributed by atoms with van der Waals surface area (Å²) in [6.45, 7) is 0.474. The molecule has 1 N–H and O–H groups in total. The summed E-state index contributed by atoms with van der Waals surface area (Å²) in [5.41, 5.74) is 1.99. The van der Waals surface area contributed by atoms with Gasteiger partial charge in [-0.05, 0) is 17.2 Å². The van der Waals surface area contributed by atoms with Crippen molar-refractivity contribution in [2.75, 3.05) is 0 Å². The molecule has 3 rings (SSSR count). The zero-order chi connectivity index (χ0) is 16.6. The van der Waals surface area contributed by atoms with E-state index in [0.29, 0.717) is 6.54 Å². The first kappa shape index (κ1) is 15.7. The molecule has 5 nitrogen and oxygen atoms in total. The van der Waals surface area contributed by atoms with Gasteiger partial charge in [-0.25, -0.2) is 0 Å². The predicted octanol–water partition coefficient (Wildman–Crippen LogP) is 2.85. The molecule has 5 heteroatoms. The summed E-state index contributed by atoms with van der Waals surface area (Å²) in [6, 6.07) is 19.3. The fourth-order valence-electron chi connectivity index (χ4n) is 2.38. The quantitative estimate of drug-likeness (QED) is 0.711. The van der Waals surface area contributed by atoms with E-state index in [4.69, 9.17) is 0 Å². The smallest absolute Gasteiger partial charge is 0.244 e. The van der Waals surface area contributed by atoms with E-state index in [1.165, 1.54) is 0 Å². The van der Waals surface area contributed by atoms with Gasteiger partial charge in [-0.2, -0.15) is 15.0 Å². The summed E-state index contributed by atoms with van der Waals surface area (Å²) >= 11 is 0. The van der Waals surface area contributed by atoms with Crippen LogP contribution in [-0.4, -0.2) is 20.9 Å². The van der Waals surface area contributed by atoms with Gasteiger partial charge in [0.05, 0.1) is 25.0 Å². The SMILES string of the molecule is O=C(/C=C/c1ccccc1)NC(Cn1nccn1)c1ccccc1. The zero-order valence-corrected chi connectivity index (χ0v) is 13.1. The highest BCUT2D eigenvalue weighted by Crippen LogP contribution is 2.14. The molecule has 0 radical (unpaired) electrons. The van der Waals surface area contributed by atoms with E-state index in [1.807, 2.05) is 60.7 Å². The predicted molar refractivity (Wildman–Crippen MR) is 92.8 cm³/mol. The lowest BCUT2D eigenvalue weighted by Crippen LogP contribution is -2.30. The fraction of sp³-hybridized carbons (Fsp3) is 0.105. The van der Waals surface area contributed by atoms with Gasteiger partial charge in [-0.3, -0.25) is 4.79 Å². The minimum absolute atomic E-state index is 0.153. The molecule has 2 aromatic carbocycles. The molecule has 1 atom stereocenters. The Morgan fingerprint density at radius 2 is 1.62 bits per heavy atom. The number of hydrogen-bond acceptors (Lipinski definition) is 3. The topological polar surface area (TPSA) is 59.8 Å². The van der Waals surface area contributed by atoms with Gasteiger partial charge < -0.3 is 5.32 Å². The summed E-state index contributed by atoms with van der Waals surface area (Å²) in [4.78, 5) is 13.8. The van der Waals surface area contributed by atoms with E-state index in [1.54, 1.807) is 29.3 Å². The van der Waals surface area contributed by atoms with Gasteiger partial charge >= 0.3 is 0 Å². The van der Waals surface area contributed by atoms with Crippen molar-refractivity contribution in [3.8, 4) is 0 Å². The van der Waals surface area contributed by atoms with Crippen LogP contribution in [0.1, 0.15) is 17.2 Å². The van der Waals surface area contributed by atoms with E-state index in [-0.39, 0.29) is 11.9 Å². The first-order valence-corrected chi connectivity index (χ1v) is 7.74. The fourth-order valence-corrected chi connectivity index (χ4v) is 2.38. The summed E-state index contributed by atoms with van der Waals surface area (Å²) in [7, 11) is 0. The van der Waals surface area contributed by atoms with Crippen LogP contribution >= 0.6 is 0 Å². The third-order valence-electron chi connectivity index (χ3n) is 3.56. The summed E-state index contributed by atoms with van der Waals surface area (Å²) in [5, 5.41) is 11.3. The number of amides is 1.